The lowest BCUT2D eigenvalue weighted by molar-refractivity contribution is 0.508. The number of nitrogens with one attached hydrogen (secondary N) is 1. The zero-order valence-corrected chi connectivity index (χ0v) is 13.2. The molecule has 1 aliphatic carbocycles. The summed E-state index contributed by atoms with van der Waals surface area (Å²) in [6, 6.07) is 7.90. The molecule has 0 aliphatic heterocycles. The Morgan fingerprint density at radius 2 is 2.18 bits per heavy atom. The van der Waals surface area contributed by atoms with Crippen LogP contribution in [-0.2, 0) is 22.9 Å². The number of anilines is 1. The first-order chi connectivity index (χ1) is 10.5. The first kappa shape index (κ1) is 15.0. The minimum atomic E-state index is -3.72. The number of rotatable bonds is 3. The van der Waals surface area contributed by atoms with Crippen molar-refractivity contribution in [2.75, 3.05) is 5.73 Å². The highest BCUT2D eigenvalue weighted by Crippen LogP contribution is 2.29. The van der Waals surface area contributed by atoms with Crippen molar-refractivity contribution in [3.8, 4) is 6.07 Å². The van der Waals surface area contributed by atoms with Gasteiger partial charge in [0.15, 0.2) is 5.13 Å². The number of hydrogen-bond acceptors (Lipinski definition) is 6. The van der Waals surface area contributed by atoms with Gasteiger partial charge in [-0.1, -0.05) is 12.1 Å². The molecule has 22 heavy (non-hydrogen) atoms. The Morgan fingerprint density at radius 3 is 2.95 bits per heavy atom. The zero-order valence-electron chi connectivity index (χ0n) is 11.6. The number of nitrogens with zero attached hydrogens (tertiary/aromatic N) is 2. The topological polar surface area (TPSA) is 109 Å². The van der Waals surface area contributed by atoms with Gasteiger partial charge in [0.25, 0.3) is 0 Å². The summed E-state index contributed by atoms with van der Waals surface area (Å²) in [6.45, 7) is 0. The molecule has 3 N–H and O–H groups in total. The van der Waals surface area contributed by atoms with Crippen LogP contribution in [0, 0.1) is 11.3 Å². The molecule has 0 saturated carbocycles. The standard InChI is InChI=1S/C14H14N4O2S2/c15-8-9-3-1-2-4-13(9)22(19,20)18-10-5-6-11-12(7-10)21-14(16)17-11/h1-4,10,18H,5-7H2,(H2,16,17). The molecular weight excluding hydrogens is 320 g/mol. The Kier molecular flexibility index (Phi) is 3.87. The third-order valence-corrected chi connectivity index (χ3v) is 6.10. The third-order valence-electron chi connectivity index (χ3n) is 3.58. The second-order valence-electron chi connectivity index (χ2n) is 5.09. The predicted octanol–water partition coefficient (Wildman–Crippen LogP) is 1.43. The Bertz CT molecular complexity index is 852. The SMILES string of the molecule is N#Cc1ccccc1S(=O)(=O)NC1CCc2nc(N)sc2C1. The molecule has 1 atom stereocenters. The molecule has 2 aromatic rings. The van der Waals surface area contributed by atoms with E-state index in [9.17, 15) is 8.42 Å². The van der Waals surface area contributed by atoms with Crippen molar-refractivity contribution in [3.63, 3.8) is 0 Å². The third kappa shape index (κ3) is 2.83. The summed E-state index contributed by atoms with van der Waals surface area (Å²) in [6.07, 6.45) is 1.96. The molecule has 0 fully saturated rings. The second-order valence-corrected chi connectivity index (χ2v) is 7.89. The number of aromatic nitrogens is 1. The first-order valence-corrected chi connectivity index (χ1v) is 9.05. The number of thiazole rings is 1. The van der Waals surface area contributed by atoms with E-state index >= 15 is 0 Å². The number of benzene rings is 1. The number of sulfonamides is 1. The van der Waals surface area contributed by atoms with Crippen LogP contribution in [0.5, 0.6) is 0 Å². The molecule has 1 heterocycles. The highest BCUT2D eigenvalue weighted by molar-refractivity contribution is 7.89. The van der Waals surface area contributed by atoms with Crippen LogP contribution < -0.4 is 10.5 Å². The van der Waals surface area contributed by atoms with Crippen LogP contribution in [0.1, 0.15) is 22.6 Å². The summed E-state index contributed by atoms with van der Waals surface area (Å²) in [7, 11) is -3.72. The maximum Gasteiger partial charge on any atom is 0.242 e. The smallest absolute Gasteiger partial charge is 0.242 e. The molecule has 0 amide bonds. The first-order valence-electron chi connectivity index (χ1n) is 6.75. The van der Waals surface area contributed by atoms with E-state index in [1.54, 1.807) is 12.1 Å². The van der Waals surface area contributed by atoms with Crippen molar-refractivity contribution < 1.29 is 8.42 Å². The molecule has 1 aliphatic rings. The Balaban J connectivity index is 1.83. The molecule has 6 nitrogen and oxygen atoms in total. The summed E-state index contributed by atoms with van der Waals surface area (Å²) in [5.41, 5.74) is 6.81. The van der Waals surface area contributed by atoms with Crippen molar-refractivity contribution in [2.45, 2.75) is 30.2 Å². The van der Waals surface area contributed by atoms with Crippen molar-refractivity contribution in [3.05, 3.63) is 40.4 Å². The van der Waals surface area contributed by atoms with Crippen LogP contribution in [0.15, 0.2) is 29.2 Å². The van der Waals surface area contributed by atoms with E-state index in [1.807, 2.05) is 6.07 Å². The van der Waals surface area contributed by atoms with Crippen LogP contribution in [0.2, 0.25) is 0 Å². The van der Waals surface area contributed by atoms with Crippen molar-refractivity contribution in [2.24, 2.45) is 0 Å². The summed E-state index contributed by atoms with van der Waals surface area (Å²) >= 11 is 1.40. The van der Waals surface area contributed by atoms with Gasteiger partial charge in [-0.2, -0.15) is 5.26 Å². The summed E-state index contributed by atoms with van der Waals surface area (Å²) in [4.78, 5) is 5.30. The molecule has 0 saturated heterocycles. The van der Waals surface area contributed by atoms with E-state index in [2.05, 4.69) is 9.71 Å². The number of nitrogen functional groups attached to an aromatic ring is 1. The van der Waals surface area contributed by atoms with Gasteiger partial charge in [-0.25, -0.2) is 18.1 Å². The second kappa shape index (κ2) is 5.68. The zero-order chi connectivity index (χ0) is 15.7. The number of fused-ring (bicyclic) bond motifs is 1. The van der Waals surface area contributed by atoms with Gasteiger partial charge in [-0.15, -0.1) is 11.3 Å². The van der Waals surface area contributed by atoms with E-state index in [0.717, 1.165) is 10.6 Å². The molecular formula is C14H14N4O2S2. The number of aryl methyl sites for hydroxylation is 1. The van der Waals surface area contributed by atoms with E-state index < -0.39 is 10.0 Å². The normalized spacial score (nSPS) is 17.7. The number of nitrogens with two attached hydrogens (primary N) is 1. The lowest BCUT2D eigenvalue weighted by atomic mass is 9.99. The summed E-state index contributed by atoms with van der Waals surface area (Å²) < 4.78 is 27.7. The van der Waals surface area contributed by atoms with Crippen LogP contribution in [0.3, 0.4) is 0 Å². The van der Waals surface area contributed by atoms with Crippen molar-refractivity contribution in [1.29, 1.82) is 5.26 Å². The molecule has 1 aromatic heterocycles. The van der Waals surface area contributed by atoms with Gasteiger partial charge in [0.1, 0.15) is 6.07 Å². The van der Waals surface area contributed by atoms with Gasteiger partial charge < -0.3 is 5.73 Å². The highest BCUT2D eigenvalue weighted by Gasteiger charge is 2.27. The predicted molar refractivity (Wildman–Crippen MR) is 83.8 cm³/mol. The Morgan fingerprint density at radius 1 is 1.41 bits per heavy atom. The lowest BCUT2D eigenvalue weighted by Crippen LogP contribution is -2.38. The molecule has 8 heteroatoms. The van der Waals surface area contributed by atoms with Gasteiger partial charge >= 0.3 is 0 Å². The number of hydrogen-bond donors (Lipinski definition) is 2. The van der Waals surface area contributed by atoms with E-state index in [-0.39, 0.29) is 16.5 Å². The maximum atomic E-state index is 12.5. The van der Waals surface area contributed by atoms with E-state index in [4.69, 9.17) is 11.0 Å². The molecule has 114 valence electrons. The highest BCUT2D eigenvalue weighted by atomic mass is 32.2. The van der Waals surface area contributed by atoms with Gasteiger partial charge in [0.2, 0.25) is 10.0 Å². The van der Waals surface area contributed by atoms with E-state index in [0.29, 0.717) is 24.4 Å². The largest absolute Gasteiger partial charge is 0.375 e. The molecule has 0 radical (unpaired) electrons. The summed E-state index contributed by atoms with van der Waals surface area (Å²) in [5, 5.41) is 9.57. The van der Waals surface area contributed by atoms with Crippen molar-refractivity contribution >= 4 is 26.5 Å². The fourth-order valence-corrected chi connectivity index (χ4v) is 4.96. The number of nitriles is 1. The molecule has 1 unspecified atom stereocenters. The minimum absolute atomic E-state index is 0.0205. The fourth-order valence-electron chi connectivity index (χ4n) is 2.57. The Labute approximate surface area is 132 Å². The molecule has 1 aromatic carbocycles. The maximum absolute atomic E-state index is 12.5. The van der Waals surface area contributed by atoms with Crippen LogP contribution >= 0.6 is 11.3 Å². The summed E-state index contributed by atoms with van der Waals surface area (Å²) in [5.74, 6) is 0. The van der Waals surface area contributed by atoms with Gasteiger partial charge in [0.05, 0.1) is 16.2 Å². The lowest BCUT2D eigenvalue weighted by Gasteiger charge is -2.22. The molecule has 0 bridgehead atoms. The van der Waals surface area contributed by atoms with Crippen molar-refractivity contribution in [1.82, 2.24) is 9.71 Å². The van der Waals surface area contributed by atoms with Crippen LogP contribution in [0.4, 0.5) is 5.13 Å². The monoisotopic (exact) mass is 334 g/mol. The van der Waals surface area contributed by atoms with Gasteiger partial charge in [-0.3, -0.25) is 0 Å². The van der Waals surface area contributed by atoms with Gasteiger partial charge in [-0.05, 0) is 25.0 Å². The quantitative estimate of drug-likeness (QED) is 0.882. The average Bonchev–Trinajstić information content (AvgIpc) is 2.86. The van der Waals surface area contributed by atoms with E-state index in [1.165, 1.54) is 23.5 Å². The molecule has 3 rings (SSSR count). The Hall–Kier alpha value is -1.95. The average molecular weight is 334 g/mol. The van der Waals surface area contributed by atoms with Crippen LogP contribution in [-0.4, -0.2) is 19.4 Å². The minimum Gasteiger partial charge on any atom is -0.375 e. The fraction of sp³-hybridized carbons (Fsp3) is 0.286. The molecule has 0 spiro atoms. The van der Waals surface area contributed by atoms with Crippen LogP contribution in [0.25, 0.3) is 0 Å². The van der Waals surface area contributed by atoms with Gasteiger partial charge in [0, 0.05) is 17.3 Å².